The molecule has 0 saturated carbocycles. The van der Waals surface area contributed by atoms with Crippen molar-refractivity contribution >= 4 is 5.97 Å². The molecule has 0 aliphatic heterocycles. The predicted octanol–water partition coefficient (Wildman–Crippen LogP) is 1.49. The number of nitrogens with zero attached hydrogens (tertiary/aromatic N) is 1. The lowest BCUT2D eigenvalue weighted by atomic mass is 10.2. The van der Waals surface area contributed by atoms with Crippen LogP contribution in [0.1, 0.15) is 21.7 Å². The Kier molecular flexibility index (Phi) is 4.09. The number of nitrogens with one attached hydrogen (secondary N) is 2. The molecule has 2 N–H and O–H groups in total. The molecule has 0 bridgehead atoms. The second kappa shape index (κ2) is 5.97. The van der Waals surface area contributed by atoms with Crippen molar-refractivity contribution in [2.45, 2.75) is 13.1 Å². The molecule has 94 valence electrons. The zero-order chi connectivity index (χ0) is 12.8. The van der Waals surface area contributed by atoms with Gasteiger partial charge in [0.2, 0.25) is 0 Å². The van der Waals surface area contributed by atoms with Crippen molar-refractivity contribution in [1.82, 2.24) is 15.3 Å². The predicted molar refractivity (Wildman–Crippen MR) is 66.9 cm³/mol. The number of aromatic nitrogens is 2. The first-order chi connectivity index (χ1) is 8.79. The van der Waals surface area contributed by atoms with Crippen LogP contribution in [0.2, 0.25) is 0 Å². The first-order valence-electron chi connectivity index (χ1n) is 5.65. The van der Waals surface area contributed by atoms with Crippen molar-refractivity contribution in [2.24, 2.45) is 0 Å². The van der Waals surface area contributed by atoms with E-state index in [1.54, 1.807) is 18.5 Å². The van der Waals surface area contributed by atoms with Crippen LogP contribution in [-0.2, 0) is 17.8 Å². The highest BCUT2D eigenvalue weighted by molar-refractivity contribution is 5.87. The Hall–Kier alpha value is -2.14. The fraction of sp³-hybridized carbons (Fsp3) is 0.231. The summed E-state index contributed by atoms with van der Waals surface area (Å²) in [7, 11) is 1.37. The van der Waals surface area contributed by atoms with Crippen LogP contribution in [0.25, 0.3) is 0 Å². The van der Waals surface area contributed by atoms with Gasteiger partial charge in [0, 0.05) is 31.2 Å². The number of aromatic amines is 1. The van der Waals surface area contributed by atoms with Gasteiger partial charge in [-0.3, -0.25) is 4.98 Å². The molecule has 0 fully saturated rings. The summed E-state index contributed by atoms with van der Waals surface area (Å²) in [6.45, 7) is 1.43. The van der Waals surface area contributed by atoms with Crippen LogP contribution in [0.3, 0.4) is 0 Å². The summed E-state index contributed by atoms with van der Waals surface area (Å²) in [6, 6.07) is 7.50. The first kappa shape index (κ1) is 12.3. The van der Waals surface area contributed by atoms with Gasteiger partial charge in [0.1, 0.15) is 5.69 Å². The topological polar surface area (TPSA) is 67.0 Å². The van der Waals surface area contributed by atoms with E-state index in [-0.39, 0.29) is 5.97 Å². The van der Waals surface area contributed by atoms with Crippen LogP contribution in [-0.4, -0.2) is 23.0 Å². The average Bonchev–Trinajstić information content (AvgIpc) is 2.88. The van der Waals surface area contributed by atoms with Gasteiger partial charge in [-0.2, -0.15) is 0 Å². The van der Waals surface area contributed by atoms with Gasteiger partial charge in [-0.25, -0.2) is 4.79 Å². The lowest BCUT2D eigenvalue weighted by molar-refractivity contribution is 0.0594. The number of hydrogen-bond acceptors (Lipinski definition) is 4. The summed E-state index contributed by atoms with van der Waals surface area (Å²) in [5.74, 6) is -0.351. The first-order valence-corrected chi connectivity index (χ1v) is 5.65. The van der Waals surface area contributed by atoms with Crippen molar-refractivity contribution in [2.75, 3.05) is 7.11 Å². The zero-order valence-corrected chi connectivity index (χ0v) is 10.1. The third kappa shape index (κ3) is 3.18. The standard InChI is InChI=1S/C13H15N3O2/c1-18-13(17)12-3-2-11(16-12)9-15-8-10-4-6-14-7-5-10/h2-7,15-16H,8-9H2,1H3. The van der Waals surface area contributed by atoms with Crippen molar-refractivity contribution in [3.8, 4) is 0 Å². The van der Waals surface area contributed by atoms with Gasteiger partial charge in [-0.05, 0) is 29.8 Å². The summed E-state index contributed by atoms with van der Waals surface area (Å²) >= 11 is 0. The molecule has 0 spiro atoms. The smallest absolute Gasteiger partial charge is 0.354 e. The van der Waals surface area contributed by atoms with E-state index in [2.05, 4.69) is 20.0 Å². The minimum atomic E-state index is -0.351. The Morgan fingerprint density at radius 2 is 2.06 bits per heavy atom. The second-order valence-electron chi connectivity index (χ2n) is 3.85. The lowest BCUT2D eigenvalue weighted by Crippen LogP contribution is -2.13. The summed E-state index contributed by atoms with van der Waals surface area (Å²) in [6.07, 6.45) is 3.53. The molecule has 0 radical (unpaired) electrons. The number of carbonyl (C=O) groups excluding carboxylic acids is 1. The monoisotopic (exact) mass is 245 g/mol. The van der Waals surface area contributed by atoms with E-state index < -0.39 is 0 Å². The maximum atomic E-state index is 11.2. The zero-order valence-electron chi connectivity index (χ0n) is 10.1. The highest BCUT2D eigenvalue weighted by atomic mass is 16.5. The highest BCUT2D eigenvalue weighted by Crippen LogP contribution is 2.03. The average molecular weight is 245 g/mol. The number of esters is 1. The van der Waals surface area contributed by atoms with Gasteiger partial charge in [0.25, 0.3) is 0 Å². The Morgan fingerprint density at radius 1 is 1.28 bits per heavy atom. The molecule has 0 amide bonds. The van der Waals surface area contributed by atoms with Gasteiger partial charge >= 0.3 is 5.97 Å². The fourth-order valence-corrected chi connectivity index (χ4v) is 1.61. The number of carbonyl (C=O) groups is 1. The SMILES string of the molecule is COC(=O)c1ccc(CNCc2ccncc2)[nH]1. The largest absolute Gasteiger partial charge is 0.464 e. The summed E-state index contributed by atoms with van der Waals surface area (Å²) in [5.41, 5.74) is 2.59. The molecular weight excluding hydrogens is 230 g/mol. The molecule has 2 aromatic rings. The molecule has 5 nitrogen and oxygen atoms in total. The van der Waals surface area contributed by atoms with Gasteiger partial charge in [0.05, 0.1) is 7.11 Å². The molecule has 18 heavy (non-hydrogen) atoms. The van der Waals surface area contributed by atoms with Crippen molar-refractivity contribution in [1.29, 1.82) is 0 Å². The number of methoxy groups -OCH3 is 1. The molecule has 2 rings (SSSR count). The molecular formula is C13H15N3O2. The van der Waals surface area contributed by atoms with Crippen LogP contribution in [0.15, 0.2) is 36.7 Å². The molecule has 2 aromatic heterocycles. The molecule has 0 aliphatic carbocycles. The fourth-order valence-electron chi connectivity index (χ4n) is 1.61. The maximum Gasteiger partial charge on any atom is 0.354 e. The van der Waals surface area contributed by atoms with Gasteiger partial charge in [-0.15, -0.1) is 0 Å². The van der Waals surface area contributed by atoms with Crippen molar-refractivity contribution in [3.05, 3.63) is 53.6 Å². The summed E-state index contributed by atoms with van der Waals surface area (Å²) in [4.78, 5) is 18.2. The molecule has 0 atom stereocenters. The number of H-pyrrole nitrogens is 1. The van der Waals surface area contributed by atoms with E-state index in [1.165, 1.54) is 12.7 Å². The second-order valence-corrected chi connectivity index (χ2v) is 3.85. The van der Waals surface area contributed by atoms with E-state index in [1.807, 2.05) is 18.2 Å². The van der Waals surface area contributed by atoms with Crippen LogP contribution in [0, 0.1) is 0 Å². The number of rotatable bonds is 5. The number of ether oxygens (including phenoxy) is 1. The van der Waals surface area contributed by atoms with E-state index in [4.69, 9.17) is 0 Å². The van der Waals surface area contributed by atoms with Gasteiger partial charge in [-0.1, -0.05) is 0 Å². The van der Waals surface area contributed by atoms with Crippen LogP contribution in [0.5, 0.6) is 0 Å². The van der Waals surface area contributed by atoms with E-state index >= 15 is 0 Å². The van der Waals surface area contributed by atoms with E-state index in [0.29, 0.717) is 12.2 Å². The van der Waals surface area contributed by atoms with Crippen molar-refractivity contribution < 1.29 is 9.53 Å². The normalized spacial score (nSPS) is 10.3. The van der Waals surface area contributed by atoms with Crippen LogP contribution >= 0.6 is 0 Å². The van der Waals surface area contributed by atoms with Crippen LogP contribution in [0.4, 0.5) is 0 Å². The highest BCUT2D eigenvalue weighted by Gasteiger charge is 2.07. The molecule has 0 saturated heterocycles. The number of hydrogen-bond donors (Lipinski definition) is 2. The Balaban J connectivity index is 1.84. The molecule has 2 heterocycles. The molecule has 5 heteroatoms. The van der Waals surface area contributed by atoms with Gasteiger partial charge < -0.3 is 15.0 Å². The van der Waals surface area contributed by atoms with E-state index in [9.17, 15) is 4.79 Å². The van der Waals surface area contributed by atoms with Gasteiger partial charge in [0.15, 0.2) is 0 Å². The van der Waals surface area contributed by atoms with Crippen molar-refractivity contribution in [3.63, 3.8) is 0 Å². The minimum absolute atomic E-state index is 0.351. The third-order valence-electron chi connectivity index (χ3n) is 2.55. The maximum absolute atomic E-state index is 11.2. The Labute approximate surface area is 105 Å². The lowest BCUT2D eigenvalue weighted by Gasteiger charge is -2.03. The molecule has 0 aliphatic rings. The van der Waals surface area contributed by atoms with E-state index in [0.717, 1.165) is 12.2 Å². The minimum Gasteiger partial charge on any atom is -0.464 e. The Bertz CT molecular complexity index is 508. The number of pyridine rings is 1. The third-order valence-corrected chi connectivity index (χ3v) is 2.55. The molecule has 0 unspecified atom stereocenters. The van der Waals surface area contributed by atoms with Crippen LogP contribution < -0.4 is 5.32 Å². The molecule has 0 aromatic carbocycles. The Morgan fingerprint density at radius 3 is 2.78 bits per heavy atom. The summed E-state index contributed by atoms with van der Waals surface area (Å²) in [5, 5.41) is 3.28. The quantitative estimate of drug-likeness (QED) is 0.783. The summed E-state index contributed by atoms with van der Waals surface area (Å²) < 4.78 is 4.63.